The van der Waals surface area contributed by atoms with Gasteiger partial charge in [-0.25, -0.2) is 9.97 Å². The van der Waals surface area contributed by atoms with Gasteiger partial charge in [0.05, 0.1) is 5.69 Å². The summed E-state index contributed by atoms with van der Waals surface area (Å²) in [7, 11) is 0. The van der Waals surface area contributed by atoms with Crippen LogP contribution in [-0.2, 0) is 6.18 Å². The fourth-order valence-electron chi connectivity index (χ4n) is 2.70. The topological polar surface area (TPSA) is 55.2 Å². The number of aromatic hydroxyl groups is 1. The van der Waals surface area contributed by atoms with E-state index in [1.807, 2.05) is 0 Å². The summed E-state index contributed by atoms with van der Waals surface area (Å²) in [6, 6.07) is 10.1. The Labute approximate surface area is 170 Å². The van der Waals surface area contributed by atoms with E-state index in [0.29, 0.717) is 10.8 Å². The normalized spacial score (nSPS) is 11.3. The quantitative estimate of drug-likeness (QED) is 0.503. The van der Waals surface area contributed by atoms with Crippen LogP contribution in [0.25, 0.3) is 22.4 Å². The summed E-state index contributed by atoms with van der Waals surface area (Å²) in [5.41, 5.74) is -0.290. The van der Waals surface area contributed by atoms with Gasteiger partial charge in [-0.1, -0.05) is 30.3 Å². The number of benzene rings is 2. The van der Waals surface area contributed by atoms with Gasteiger partial charge in [0.2, 0.25) is 0 Å². The third kappa shape index (κ3) is 4.68. The first kappa shape index (κ1) is 20.7. The molecule has 1 aromatic heterocycles. The molecule has 0 aliphatic rings. The zero-order chi connectivity index (χ0) is 21.2. The standard InChI is InChI=1S/C21H16ClF3N2O2/c1-12(2)10-29-15-7-8-16(17(28)9-15)19-18(13-3-5-14(22)6-4-13)20(21(23,24)25)27-11-26-19/h3-9,11,28H,1,10H2,2H3. The van der Waals surface area contributed by atoms with Gasteiger partial charge in [0.15, 0.2) is 5.69 Å². The van der Waals surface area contributed by atoms with E-state index in [1.165, 1.54) is 36.4 Å². The van der Waals surface area contributed by atoms with E-state index in [9.17, 15) is 18.3 Å². The van der Waals surface area contributed by atoms with Crippen LogP contribution in [0.2, 0.25) is 5.02 Å². The van der Waals surface area contributed by atoms with Crippen LogP contribution in [0.3, 0.4) is 0 Å². The summed E-state index contributed by atoms with van der Waals surface area (Å²) in [4.78, 5) is 7.47. The second-order valence-electron chi connectivity index (χ2n) is 6.38. The number of rotatable bonds is 5. The number of phenolic OH excluding ortho intramolecular Hbond substituents is 1. The van der Waals surface area contributed by atoms with E-state index in [0.717, 1.165) is 11.9 Å². The van der Waals surface area contributed by atoms with E-state index in [1.54, 1.807) is 13.0 Å². The molecule has 0 aliphatic heterocycles. The number of nitrogens with zero attached hydrogens (tertiary/aromatic N) is 2. The lowest BCUT2D eigenvalue weighted by atomic mass is 9.96. The Hall–Kier alpha value is -3.06. The van der Waals surface area contributed by atoms with E-state index in [-0.39, 0.29) is 34.7 Å². The third-order valence-corrected chi connectivity index (χ3v) is 4.21. The highest BCUT2D eigenvalue weighted by atomic mass is 35.5. The van der Waals surface area contributed by atoms with Gasteiger partial charge in [-0.15, -0.1) is 0 Å². The molecule has 3 aromatic rings. The summed E-state index contributed by atoms with van der Waals surface area (Å²) in [5.74, 6) is 0.0821. The van der Waals surface area contributed by atoms with Crippen molar-refractivity contribution in [2.45, 2.75) is 13.1 Å². The van der Waals surface area contributed by atoms with Crippen LogP contribution >= 0.6 is 11.6 Å². The zero-order valence-electron chi connectivity index (χ0n) is 15.3. The highest BCUT2D eigenvalue weighted by Gasteiger charge is 2.37. The number of aromatic nitrogens is 2. The fraction of sp³-hybridized carbons (Fsp3) is 0.143. The van der Waals surface area contributed by atoms with Crippen molar-refractivity contribution in [3.63, 3.8) is 0 Å². The van der Waals surface area contributed by atoms with Gasteiger partial charge in [-0.2, -0.15) is 13.2 Å². The minimum Gasteiger partial charge on any atom is -0.507 e. The minimum absolute atomic E-state index is 0.0569. The smallest absolute Gasteiger partial charge is 0.434 e. The maximum absolute atomic E-state index is 13.6. The maximum atomic E-state index is 13.6. The molecule has 1 N–H and O–H groups in total. The van der Waals surface area contributed by atoms with Gasteiger partial charge in [-0.3, -0.25) is 0 Å². The number of alkyl halides is 3. The van der Waals surface area contributed by atoms with Crippen LogP contribution < -0.4 is 4.74 Å². The van der Waals surface area contributed by atoms with E-state index in [2.05, 4.69) is 16.5 Å². The molecule has 0 atom stereocenters. The van der Waals surface area contributed by atoms with Crippen LogP contribution in [-0.4, -0.2) is 21.7 Å². The molecule has 4 nitrogen and oxygen atoms in total. The Morgan fingerprint density at radius 3 is 2.41 bits per heavy atom. The zero-order valence-corrected chi connectivity index (χ0v) is 16.1. The molecule has 2 aromatic carbocycles. The highest BCUT2D eigenvalue weighted by Crippen LogP contribution is 2.43. The van der Waals surface area contributed by atoms with E-state index >= 15 is 0 Å². The number of hydrogen-bond donors (Lipinski definition) is 1. The maximum Gasteiger partial charge on any atom is 0.434 e. The van der Waals surface area contributed by atoms with E-state index in [4.69, 9.17) is 16.3 Å². The molecule has 1 heterocycles. The van der Waals surface area contributed by atoms with Crippen molar-refractivity contribution in [3.8, 4) is 33.9 Å². The molecule has 150 valence electrons. The molecule has 3 rings (SSSR count). The largest absolute Gasteiger partial charge is 0.507 e. The monoisotopic (exact) mass is 420 g/mol. The predicted molar refractivity (Wildman–Crippen MR) is 105 cm³/mol. The molecule has 0 bridgehead atoms. The summed E-state index contributed by atoms with van der Waals surface area (Å²) in [6.07, 6.45) is -3.89. The molecule has 0 fully saturated rings. The van der Waals surface area contributed by atoms with Crippen LogP contribution in [0.15, 0.2) is 60.9 Å². The average Bonchev–Trinajstić information content (AvgIpc) is 2.66. The van der Waals surface area contributed by atoms with Crippen molar-refractivity contribution in [2.24, 2.45) is 0 Å². The number of phenols is 1. The first-order valence-electron chi connectivity index (χ1n) is 8.45. The number of ether oxygens (including phenoxy) is 1. The first-order valence-corrected chi connectivity index (χ1v) is 8.83. The van der Waals surface area contributed by atoms with Crippen molar-refractivity contribution in [3.05, 3.63) is 71.7 Å². The second-order valence-corrected chi connectivity index (χ2v) is 6.81. The Morgan fingerprint density at radius 2 is 1.83 bits per heavy atom. The summed E-state index contributed by atoms with van der Waals surface area (Å²) in [5, 5.41) is 10.8. The Kier molecular flexibility index (Phi) is 5.79. The average molecular weight is 421 g/mol. The lowest BCUT2D eigenvalue weighted by molar-refractivity contribution is -0.140. The molecular formula is C21H16ClF3N2O2. The SMILES string of the molecule is C=C(C)COc1ccc(-c2ncnc(C(F)(F)F)c2-c2ccc(Cl)cc2)c(O)c1. The summed E-state index contributed by atoms with van der Waals surface area (Å²) < 4.78 is 46.4. The van der Waals surface area contributed by atoms with Crippen molar-refractivity contribution in [1.82, 2.24) is 9.97 Å². The Bertz CT molecular complexity index is 1050. The van der Waals surface area contributed by atoms with Crippen LogP contribution in [0, 0.1) is 0 Å². The van der Waals surface area contributed by atoms with Gasteiger partial charge in [0, 0.05) is 22.2 Å². The molecule has 0 amide bonds. The fourth-order valence-corrected chi connectivity index (χ4v) is 2.83. The molecule has 0 unspecified atom stereocenters. The van der Waals surface area contributed by atoms with E-state index < -0.39 is 11.9 Å². The van der Waals surface area contributed by atoms with Gasteiger partial charge in [0.1, 0.15) is 24.4 Å². The van der Waals surface area contributed by atoms with Gasteiger partial charge < -0.3 is 9.84 Å². The third-order valence-electron chi connectivity index (χ3n) is 3.96. The second kappa shape index (κ2) is 8.13. The Morgan fingerprint density at radius 1 is 1.14 bits per heavy atom. The van der Waals surface area contributed by atoms with Gasteiger partial charge >= 0.3 is 6.18 Å². The van der Waals surface area contributed by atoms with Gasteiger partial charge in [-0.05, 0) is 42.3 Å². The van der Waals surface area contributed by atoms with Crippen molar-refractivity contribution in [1.29, 1.82) is 0 Å². The molecule has 0 saturated carbocycles. The molecule has 0 aliphatic carbocycles. The summed E-state index contributed by atoms with van der Waals surface area (Å²) >= 11 is 5.87. The van der Waals surface area contributed by atoms with Crippen LogP contribution in [0.5, 0.6) is 11.5 Å². The van der Waals surface area contributed by atoms with Crippen molar-refractivity contribution in [2.75, 3.05) is 6.61 Å². The molecule has 0 spiro atoms. The molecule has 8 heteroatoms. The number of hydrogen-bond acceptors (Lipinski definition) is 4. The molecule has 0 radical (unpaired) electrons. The van der Waals surface area contributed by atoms with Crippen molar-refractivity contribution >= 4 is 11.6 Å². The lowest BCUT2D eigenvalue weighted by Gasteiger charge is -2.16. The predicted octanol–water partition coefficient (Wildman–Crippen LogP) is 6.14. The first-order chi connectivity index (χ1) is 13.7. The lowest BCUT2D eigenvalue weighted by Crippen LogP contribution is -2.12. The molecule has 29 heavy (non-hydrogen) atoms. The van der Waals surface area contributed by atoms with Crippen LogP contribution in [0.1, 0.15) is 12.6 Å². The summed E-state index contributed by atoms with van der Waals surface area (Å²) in [6.45, 7) is 5.76. The highest BCUT2D eigenvalue weighted by molar-refractivity contribution is 6.30. The van der Waals surface area contributed by atoms with Crippen molar-refractivity contribution < 1.29 is 23.0 Å². The molecular weight excluding hydrogens is 405 g/mol. The van der Waals surface area contributed by atoms with Crippen LogP contribution in [0.4, 0.5) is 13.2 Å². The van der Waals surface area contributed by atoms with Gasteiger partial charge in [0.25, 0.3) is 0 Å². The minimum atomic E-state index is -4.72. The molecule has 0 saturated heterocycles. The Balaban J connectivity index is 2.17. The number of halogens is 4.